The fraction of sp³-hybridized carbons (Fsp3) is 0.467. The molecule has 2 N–H and O–H groups in total. The van der Waals surface area contributed by atoms with Gasteiger partial charge in [-0.3, -0.25) is 9.67 Å². The maximum absolute atomic E-state index is 4.66. The zero-order valence-electron chi connectivity index (χ0n) is 12.6. The monoisotopic (exact) mass is 305 g/mol. The molecule has 0 spiro atoms. The van der Waals surface area contributed by atoms with Gasteiger partial charge in [-0.15, -0.1) is 0 Å². The normalized spacial score (nSPS) is 13.1. The molecule has 0 bridgehead atoms. The highest BCUT2D eigenvalue weighted by molar-refractivity contribution is 7.07. The van der Waals surface area contributed by atoms with Crippen LogP contribution >= 0.6 is 11.3 Å². The highest BCUT2D eigenvalue weighted by atomic mass is 32.1. The molecule has 1 atom stereocenters. The van der Waals surface area contributed by atoms with Gasteiger partial charge in [-0.2, -0.15) is 16.4 Å². The summed E-state index contributed by atoms with van der Waals surface area (Å²) in [4.78, 5) is 4.66. The van der Waals surface area contributed by atoms with Gasteiger partial charge in [-0.1, -0.05) is 6.92 Å². The van der Waals surface area contributed by atoms with E-state index in [4.69, 9.17) is 0 Å². The first-order valence-corrected chi connectivity index (χ1v) is 8.25. The molecular weight excluding hydrogens is 282 g/mol. The standard InChI is InChI=1S/C15H23N5S/c1-3-16-15(17-7-9-20-8-4-6-19-20)18-11-13(2)14-5-10-21-12-14/h4-6,8,10,12-13H,3,7,9,11H2,1-2H3,(H2,16,17,18). The lowest BCUT2D eigenvalue weighted by atomic mass is 10.1. The van der Waals surface area contributed by atoms with Crippen molar-refractivity contribution in [3.8, 4) is 0 Å². The van der Waals surface area contributed by atoms with E-state index in [1.54, 1.807) is 17.5 Å². The number of rotatable bonds is 7. The Morgan fingerprint density at radius 1 is 1.48 bits per heavy atom. The Morgan fingerprint density at radius 3 is 3.05 bits per heavy atom. The number of thiophene rings is 1. The van der Waals surface area contributed by atoms with E-state index in [0.29, 0.717) is 5.92 Å². The van der Waals surface area contributed by atoms with Crippen LogP contribution in [0, 0.1) is 0 Å². The lowest BCUT2D eigenvalue weighted by Crippen LogP contribution is -2.39. The number of aromatic nitrogens is 2. The van der Waals surface area contributed by atoms with Crippen molar-refractivity contribution in [3.63, 3.8) is 0 Å². The quantitative estimate of drug-likeness (QED) is 0.609. The molecule has 0 fully saturated rings. The summed E-state index contributed by atoms with van der Waals surface area (Å²) in [5.74, 6) is 1.31. The molecule has 2 rings (SSSR count). The molecule has 0 aromatic carbocycles. The topological polar surface area (TPSA) is 54.2 Å². The smallest absolute Gasteiger partial charge is 0.191 e. The average Bonchev–Trinajstić information content (AvgIpc) is 3.17. The minimum atomic E-state index is 0.442. The lowest BCUT2D eigenvalue weighted by Gasteiger charge is -2.13. The van der Waals surface area contributed by atoms with Crippen LogP contribution in [0.25, 0.3) is 0 Å². The lowest BCUT2D eigenvalue weighted by molar-refractivity contribution is 0.597. The third-order valence-electron chi connectivity index (χ3n) is 3.17. The van der Waals surface area contributed by atoms with Crippen LogP contribution < -0.4 is 10.6 Å². The zero-order valence-corrected chi connectivity index (χ0v) is 13.4. The van der Waals surface area contributed by atoms with Crippen LogP contribution in [0.4, 0.5) is 0 Å². The average molecular weight is 305 g/mol. The molecule has 0 amide bonds. The number of guanidine groups is 1. The first kappa shape index (κ1) is 15.6. The Kier molecular flexibility index (Phi) is 6.27. The molecule has 0 saturated heterocycles. The summed E-state index contributed by atoms with van der Waals surface area (Å²) >= 11 is 1.74. The highest BCUT2D eigenvalue weighted by Gasteiger charge is 2.05. The molecule has 1 unspecified atom stereocenters. The second-order valence-corrected chi connectivity index (χ2v) is 5.65. The van der Waals surface area contributed by atoms with Crippen LogP contribution in [0.15, 0.2) is 40.3 Å². The van der Waals surface area contributed by atoms with Crippen molar-refractivity contribution in [2.45, 2.75) is 26.3 Å². The SMILES string of the molecule is CCNC(=NCC(C)c1ccsc1)NCCn1cccn1. The minimum Gasteiger partial charge on any atom is -0.357 e. The second kappa shape index (κ2) is 8.46. The van der Waals surface area contributed by atoms with Gasteiger partial charge in [0.2, 0.25) is 0 Å². The van der Waals surface area contributed by atoms with Crippen molar-refractivity contribution in [2.24, 2.45) is 4.99 Å². The number of aliphatic imine (C=N–C) groups is 1. The highest BCUT2D eigenvalue weighted by Crippen LogP contribution is 2.18. The van der Waals surface area contributed by atoms with Crippen LogP contribution in [0.2, 0.25) is 0 Å². The maximum Gasteiger partial charge on any atom is 0.191 e. The molecule has 5 nitrogen and oxygen atoms in total. The van der Waals surface area contributed by atoms with E-state index in [2.05, 4.69) is 51.4 Å². The number of nitrogens with zero attached hydrogens (tertiary/aromatic N) is 3. The number of nitrogens with one attached hydrogen (secondary N) is 2. The molecule has 0 radical (unpaired) electrons. The van der Waals surface area contributed by atoms with Gasteiger partial charge >= 0.3 is 0 Å². The molecule has 21 heavy (non-hydrogen) atoms. The van der Waals surface area contributed by atoms with E-state index >= 15 is 0 Å². The molecule has 2 heterocycles. The number of hydrogen-bond donors (Lipinski definition) is 2. The molecular formula is C15H23N5S. The Hall–Kier alpha value is -1.82. The van der Waals surface area contributed by atoms with Crippen molar-refractivity contribution >= 4 is 17.3 Å². The predicted molar refractivity (Wildman–Crippen MR) is 88.9 cm³/mol. The van der Waals surface area contributed by atoms with Gasteiger partial charge in [-0.25, -0.2) is 0 Å². The summed E-state index contributed by atoms with van der Waals surface area (Å²) in [6.07, 6.45) is 3.76. The van der Waals surface area contributed by atoms with E-state index in [1.165, 1.54) is 5.56 Å². The molecule has 0 aliphatic carbocycles. The van der Waals surface area contributed by atoms with E-state index in [-0.39, 0.29) is 0 Å². The summed E-state index contributed by atoms with van der Waals surface area (Å²) in [6, 6.07) is 4.10. The first-order chi connectivity index (χ1) is 10.3. The van der Waals surface area contributed by atoms with Gasteiger partial charge in [0.25, 0.3) is 0 Å². The summed E-state index contributed by atoms with van der Waals surface area (Å²) in [6.45, 7) is 7.57. The Labute approximate surface area is 130 Å². The minimum absolute atomic E-state index is 0.442. The van der Waals surface area contributed by atoms with Crippen LogP contribution in [0.1, 0.15) is 25.3 Å². The van der Waals surface area contributed by atoms with Crippen molar-refractivity contribution in [1.82, 2.24) is 20.4 Å². The van der Waals surface area contributed by atoms with Gasteiger partial charge < -0.3 is 10.6 Å². The Bertz CT molecular complexity index is 518. The summed E-state index contributed by atoms with van der Waals surface area (Å²) in [5, 5.41) is 15.1. The fourth-order valence-corrected chi connectivity index (χ4v) is 2.73. The second-order valence-electron chi connectivity index (χ2n) is 4.87. The van der Waals surface area contributed by atoms with Crippen LogP contribution in [-0.2, 0) is 6.54 Å². The van der Waals surface area contributed by atoms with Crippen molar-refractivity contribution in [2.75, 3.05) is 19.6 Å². The van der Waals surface area contributed by atoms with Gasteiger partial charge in [0, 0.05) is 37.9 Å². The van der Waals surface area contributed by atoms with E-state index in [9.17, 15) is 0 Å². The van der Waals surface area contributed by atoms with Crippen molar-refractivity contribution in [1.29, 1.82) is 0 Å². The molecule has 0 aliphatic heterocycles. The maximum atomic E-state index is 4.66. The van der Waals surface area contributed by atoms with Gasteiger partial charge in [0.05, 0.1) is 6.54 Å². The Morgan fingerprint density at radius 2 is 2.38 bits per heavy atom. The molecule has 0 aliphatic rings. The first-order valence-electron chi connectivity index (χ1n) is 7.31. The van der Waals surface area contributed by atoms with E-state index < -0.39 is 0 Å². The zero-order chi connectivity index (χ0) is 14.9. The van der Waals surface area contributed by atoms with Crippen LogP contribution in [0.3, 0.4) is 0 Å². The fourth-order valence-electron chi connectivity index (χ4n) is 1.95. The third-order valence-corrected chi connectivity index (χ3v) is 3.87. The van der Waals surface area contributed by atoms with Crippen LogP contribution in [0.5, 0.6) is 0 Å². The molecule has 2 aromatic heterocycles. The molecule has 2 aromatic rings. The molecule has 114 valence electrons. The third kappa shape index (κ3) is 5.23. The van der Waals surface area contributed by atoms with Gasteiger partial charge in [-0.05, 0) is 35.4 Å². The summed E-state index contributed by atoms with van der Waals surface area (Å²) in [5.41, 5.74) is 1.36. The number of hydrogen-bond acceptors (Lipinski definition) is 3. The van der Waals surface area contributed by atoms with E-state index in [1.807, 2.05) is 16.9 Å². The van der Waals surface area contributed by atoms with Crippen LogP contribution in [-0.4, -0.2) is 35.4 Å². The Balaban J connectivity index is 1.81. The molecule has 6 heteroatoms. The van der Waals surface area contributed by atoms with E-state index in [0.717, 1.165) is 32.1 Å². The summed E-state index contributed by atoms with van der Waals surface area (Å²) < 4.78 is 1.91. The summed E-state index contributed by atoms with van der Waals surface area (Å²) in [7, 11) is 0. The van der Waals surface area contributed by atoms with Crippen molar-refractivity contribution < 1.29 is 0 Å². The molecule has 0 saturated carbocycles. The van der Waals surface area contributed by atoms with Gasteiger partial charge in [0.15, 0.2) is 5.96 Å². The largest absolute Gasteiger partial charge is 0.357 e. The van der Waals surface area contributed by atoms with Crippen molar-refractivity contribution in [3.05, 3.63) is 40.8 Å². The predicted octanol–water partition coefficient (Wildman–Crippen LogP) is 2.30. The van der Waals surface area contributed by atoms with Gasteiger partial charge in [0.1, 0.15) is 0 Å².